The minimum atomic E-state index is -0.781. The van der Waals surface area contributed by atoms with E-state index >= 15 is 0 Å². The first-order valence-electron chi connectivity index (χ1n) is 35.1. The minimum Gasteiger partial charge on any atom is -0.462 e. The van der Waals surface area contributed by atoms with E-state index in [1.165, 1.54) is 257 Å². The van der Waals surface area contributed by atoms with Gasteiger partial charge in [0.1, 0.15) is 13.2 Å². The van der Waals surface area contributed by atoms with Crippen LogP contribution in [0.5, 0.6) is 0 Å². The van der Waals surface area contributed by atoms with E-state index in [0.717, 1.165) is 83.5 Å². The van der Waals surface area contributed by atoms with Gasteiger partial charge >= 0.3 is 17.9 Å². The van der Waals surface area contributed by atoms with Crippen molar-refractivity contribution in [2.45, 2.75) is 386 Å². The van der Waals surface area contributed by atoms with Crippen molar-refractivity contribution < 1.29 is 28.6 Å². The summed E-state index contributed by atoms with van der Waals surface area (Å²) in [4.78, 5) is 38.4. The van der Waals surface area contributed by atoms with E-state index in [1.807, 2.05) is 0 Å². The largest absolute Gasteiger partial charge is 0.462 e. The predicted octanol–water partition coefficient (Wildman–Crippen LogP) is 24.1. The second-order valence-corrected chi connectivity index (χ2v) is 23.8. The fraction of sp³-hybridized carbons (Fsp3) is 0.849. The number of esters is 3. The van der Waals surface area contributed by atoms with Crippen LogP contribution in [0.3, 0.4) is 0 Å². The zero-order valence-electron chi connectivity index (χ0n) is 53.2. The zero-order valence-corrected chi connectivity index (χ0v) is 53.2. The molecule has 0 fully saturated rings. The van der Waals surface area contributed by atoms with Crippen LogP contribution in [0, 0.1) is 0 Å². The molecule has 0 aliphatic heterocycles. The van der Waals surface area contributed by atoms with Crippen LogP contribution < -0.4 is 0 Å². The van der Waals surface area contributed by atoms with Crippen LogP contribution >= 0.6 is 0 Å². The molecule has 6 nitrogen and oxygen atoms in total. The Labute approximate surface area is 492 Å². The number of hydrogen-bond donors (Lipinski definition) is 0. The molecular formula is C73H134O6. The van der Waals surface area contributed by atoms with Crippen molar-refractivity contribution in [1.82, 2.24) is 0 Å². The average molecular weight is 1110 g/mol. The molecule has 0 rings (SSSR count). The lowest BCUT2D eigenvalue weighted by atomic mass is 10.0. The van der Waals surface area contributed by atoms with Gasteiger partial charge in [0, 0.05) is 19.3 Å². The molecule has 0 spiro atoms. The molecular weight excluding hydrogens is 973 g/mol. The van der Waals surface area contributed by atoms with E-state index in [4.69, 9.17) is 14.2 Å². The average Bonchev–Trinajstić information content (AvgIpc) is 3.45. The standard InChI is InChI=1S/C73H134O6/c1-4-7-10-13-16-19-22-25-28-31-33-35-36-37-39-40-42-45-48-51-54-57-60-63-66-72(75)78-69-70(68-77-71(74)65-62-59-56-53-50-47-44-30-27-24-21-18-15-12-9-6-3)79-73(76)67-64-61-58-55-52-49-46-43-41-38-34-32-29-26-23-20-17-14-11-8-5-2/h21,23-24,26,30,32,34,44,70H,4-20,22,25,27-29,31,33,35-43,45-69H2,1-3H3/b24-21-,26-23-,34-32-,44-30-. The van der Waals surface area contributed by atoms with Crippen LogP contribution in [0.4, 0.5) is 0 Å². The number of rotatable bonds is 65. The Morgan fingerprint density at radius 3 is 0.709 bits per heavy atom. The summed E-state index contributed by atoms with van der Waals surface area (Å²) in [5.74, 6) is -0.868. The summed E-state index contributed by atoms with van der Waals surface area (Å²) >= 11 is 0. The van der Waals surface area contributed by atoms with Crippen molar-refractivity contribution >= 4 is 17.9 Å². The first kappa shape index (κ1) is 76.4. The quantitative estimate of drug-likeness (QED) is 0.0261. The maximum atomic E-state index is 13.0. The zero-order chi connectivity index (χ0) is 57.1. The third-order valence-electron chi connectivity index (χ3n) is 15.8. The molecule has 0 saturated heterocycles. The maximum Gasteiger partial charge on any atom is 0.306 e. The van der Waals surface area contributed by atoms with Gasteiger partial charge in [0.2, 0.25) is 0 Å². The highest BCUT2D eigenvalue weighted by Crippen LogP contribution is 2.18. The lowest BCUT2D eigenvalue weighted by molar-refractivity contribution is -0.167. The fourth-order valence-electron chi connectivity index (χ4n) is 10.5. The van der Waals surface area contributed by atoms with Gasteiger partial charge in [-0.2, -0.15) is 0 Å². The lowest BCUT2D eigenvalue weighted by Gasteiger charge is -2.18. The number of allylic oxidation sites excluding steroid dienone is 8. The molecule has 1 atom stereocenters. The van der Waals surface area contributed by atoms with Crippen molar-refractivity contribution in [3.05, 3.63) is 48.6 Å². The molecule has 0 amide bonds. The van der Waals surface area contributed by atoms with Crippen LogP contribution in [0.15, 0.2) is 48.6 Å². The van der Waals surface area contributed by atoms with Gasteiger partial charge in [0.25, 0.3) is 0 Å². The normalized spacial score (nSPS) is 12.3. The molecule has 462 valence electrons. The predicted molar refractivity (Wildman–Crippen MR) is 344 cm³/mol. The highest BCUT2D eigenvalue weighted by molar-refractivity contribution is 5.71. The van der Waals surface area contributed by atoms with E-state index in [2.05, 4.69) is 69.4 Å². The molecule has 0 aliphatic carbocycles. The Morgan fingerprint density at radius 2 is 0.456 bits per heavy atom. The van der Waals surface area contributed by atoms with E-state index in [9.17, 15) is 14.4 Å². The van der Waals surface area contributed by atoms with Gasteiger partial charge in [0.05, 0.1) is 0 Å². The van der Waals surface area contributed by atoms with Crippen LogP contribution in [-0.4, -0.2) is 37.2 Å². The topological polar surface area (TPSA) is 78.9 Å². The molecule has 0 heterocycles. The Balaban J connectivity index is 4.31. The van der Waals surface area contributed by atoms with E-state index < -0.39 is 6.10 Å². The molecule has 0 aromatic carbocycles. The molecule has 0 N–H and O–H groups in total. The number of carbonyl (C=O) groups excluding carboxylic acids is 3. The molecule has 0 aromatic heterocycles. The van der Waals surface area contributed by atoms with Crippen LogP contribution in [-0.2, 0) is 28.6 Å². The van der Waals surface area contributed by atoms with Crippen LogP contribution in [0.1, 0.15) is 380 Å². The summed E-state index contributed by atoms with van der Waals surface area (Å²) in [6.45, 7) is 6.67. The second-order valence-electron chi connectivity index (χ2n) is 23.8. The van der Waals surface area contributed by atoms with Gasteiger partial charge in [-0.05, 0) is 83.5 Å². The SMILES string of the molecule is CCCCCC/C=C\C/C=C\CCCCCCCC(=O)OCC(COC(=O)CCCCCCCCCCCCCCCCCCCCCCCCCC)OC(=O)CCCCCCCCCCC/C=C\C/C=C\CCCCCCC. The van der Waals surface area contributed by atoms with Crippen molar-refractivity contribution in [3.8, 4) is 0 Å². The van der Waals surface area contributed by atoms with E-state index in [1.54, 1.807) is 0 Å². The highest BCUT2D eigenvalue weighted by Gasteiger charge is 2.19. The lowest BCUT2D eigenvalue weighted by Crippen LogP contribution is -2.30. The van der Waals surface area contributed by atoms with Crippen molar-refractivity contribution in [3.63, 3.8) is 0 Å². The van der Waals surface area contributed by atoms with Crippen LogP contribution in [0.2, 0.25) is 0 Å². The van der Waals surface area contributed by atoms with E-state index in [-0.39, 0.29) is 31.1 Å². The van der Waals surface area contributed by atoms with Gasteiger partial charge in [-0.1, -0.05) is 326 Å². The Morgan fingerprint density at radius 1 is 0.253 bits per heavy atom. The minimum absolute atomic E-state index is 0.0754. The summed E-state index contributed by atoms with van der Waals surface area (Å²) in [5.41, 5.74) is 0. The first-order chi connectivity index (χ1) is 39.0. The summed E-state index contributed by atoms with van der Waals surface area (Å²) in [7, 11) is 0. The number of carbonyl (C=O) groups is 3. The van der Waals surface area contributed by atoms with E-state index in [0.29, 0.717) is 19.3 Å². The van der Waals surface area contributed by atoms with Gasteiger partial charge < -0.3 is 14.2 Å². The monoisotopic (exact) mass is 1110 g/mol. The number of unbranched alkanes of at least 4 members (excludes halogenated alkanes) is 46. The van der Waals surface area contributed by atoms with Gasteiger partial charge in [-0.25, -0.2) is 0 Å². The number of hydrogen-bond acceptors (Lipinski definition) is 6. The highest BCUT2D eigenvalue weighted by atomic mass is 16.6. The maximum absolute atomic E-state index is 13.0. The smallest absolute Gasteiger partial charge is 0.306 e. The summed E-state index contributed by atoms with van der Waals surface area (Å²) in [6.07, 6.45) is 85.6. The first-order valence-corrected chi connectivity index (χ1v) is 35.1. The second kappa shape index (κ2) is 67.9. The molecule has 0 radical (unpaired) electrons. The summed E-state index contributed by atoms with van der Waals surface area (Å²) in [5, 5.41) is 0. The molecule has 0 aromatic rings. The molecule has 0 aliphatic rings. The third-order valence-corrected chi connectivity index (χ3v) is 15.8. The van der Waals surface area contributed by atoms with Crippen LogP contribution in [0.25, 0.3) is 0 Å². The molecule has 79 heavy (non-hydrogen) atoms. The number of ether oxygens (including phenoxy) is 3. The van der Waals surface area contributed by atoms with Crippen molar-refractivity contribution in [2.24, 2.45) is 0 Å². The Bertz CT molecular complexity index is 1360. The van der Waals surface area contributed by atoms with Crippen molar-refractivity contribution in [1.29, 1.82) is 0 Å². The van der Waals surface area contributed by atoms with Gasteiger partial charge in [0.15, 0.2) is 6.10 Å². The summed E-state index contributed by atoms with van der Waals surface area (Å²) < 4.78 is 17.0. The molecule has 0 saturated carbocycles. The molecule has 0 bridgehead atoms. The fourth-order valence-corrected chi connectivity index (χ4v) is 10.5. The molecule has 6 heteroatoms. The third kappa shape index (κ3) is 66.1. The Kier molecular flexibility index (Phi) is 65.6. The van der Waals surface area contributed by atoms with Gasteiger partial charge in [-0.3, -0.25) is 14.4 Å². The molecule has 1 unspecified atom stereocenters. The van der Waals surface area contributed by atoms with Gasteiger partial charge in [-0.15, -0.1) is 0 Å². The van der Waals surface area contributed by atoms with Crippen molar-refractivity contribution in [2.75, 3.05) is 13.2 Å². The summed E-state index contributed by atoms with van der Waals surface area (Å²) in [6, 6.07) is 0. The Hall–Kier alpha value is -2.63.